The molecule has 0 radical (unpaired) electrons. The molecule has 2 aromatic carbocycles. The molecular weight excluding hydrogens is 456 g/mol. The van der Waals surface area contributed by atoms with Crippen molar-refractivity contribution in [3.63, 3.8) is 0 Å². The molecule has 5 rings (SSSR count). The van der Waals surface area contributed by atoms with Gasteiger partial charge in [0.2, 0.25) is 5.91 Å². The first-order valence-corrected chi connectivity index (χ1v) is 12.0. The Bertz CT molecular complexity index is 1240. The van der Waals surface area contributed by atoms with Crippen LogP contribution in [-0.4, -0.2) is 74.0 Å². The van der Waals surface area contributed by atoms with Gasteiger partial charge in [-0.2, -0.15) is 0 Å². The molecule has 0 spiro atoms. The highest BCUT2D eigenvalue weighted by Crippen LogP contribution is 2.46. The van der Waals surface area contributed by atoms with Crippen LogP contribution in [0.3, 0.4) is 0 Å². The number of benzene rings is 2. The minimum atomic E-state index is -0.602. The standard InChI is InChI=1S/C28H30N4O4/c1-30-26(19-8-7-11-29-18-19)25(21-16-23(35-2)24(36-3)17-22(21)27(30)33)28(34)32-14-12-31(13-15-32)20-9-5-4-6-10-20/h4-11,16-18,25-26H,12-15H2,1-3H3/t25-,26+/m1/s1. The molecule has 2 aliphatic heterocycles. The Balaban J connectivity index is 1.53. The van der Waals surface area contributed by atoms with Crippen molar-refractivity contribution >= 4 is 17.5 Å². The number of nitrogens with zero attached hydrogens (tertiary/aromatic N) is 4. The van der Waals surface area contributed by atoms with E-state index in [1.54, 1.807) is 43.6 Å². The monoisotopic (exact) mass is 486 g/mol. The van der Waals surface area contributed by atoms with Crippen LogP contribution >= 0.6 is 0 Å². The zero-order valence-electron chi connectivity index (χ0n) is 20.8. The maximum atomic E-state index is 14.2. The third kappa shape index (κ3) is 4.12. The van der Waals surface area contributed by atoms with Gasteiger partial charge in [-0.3, -0.25) is 14.6 Å². The van der Waals surface area contributed by atoms with E-state index in [4.69, 9.17) is 9.47 Å². The van der Waals surface area contributed by atoms with Gasteiger partial charge in [-0.15, -0.1) is 0 Å². The third-order valence-electron chi connectivity index (χ3n) is 7.18. The fourth-order valence-electron chi connectivity index (χ4n) is 5.30. The average molecular weight is 487 g/mol. The van der Waals surface area contributed by atoms with E-state index in [2.05, 4.69) is 22.0 Å². The largest absolute Gasteiger partial charge is 0.493 e. The van der Waals surface area contributed by atoms with E-state index in [0.29, 0.717) is 35.7 Å². The van der Waals surface area contributed by atoms with E-state index in [-0.39, 0.29) is 11.8 Å². The molecule has 186 valence electrons. The topological polar surface area (TPSA) is 75.2 Å². The highest BCUT2D eigenvalue weighted by atomic mass is 16.5. The summed E-state index contributed by atoms with van der Waals surface area (Å²) >= 11 is 0. The molecule has 0 bridgehead atoms. The van der Waals surface area contributed by atoms with Crippen molar-refractivity contribution in [3.05, 3.63) is 83.7 Å². The molecule has 3 heterocycles. The molecule has 1 aromatic heterocycles. The maximum Gasteiger partial charge on any atom is 0.254 e. The number of ether oxygens (including phenoxy) is 2. The number of pyridine rings is 1. The Morgan fingerprint density at radius 3 is 2.28 bits per heavy atom. The lowest BCUT2D eigenvalue weighted by atomic mass is 9.79. The van der Waals surface area contributed by atoms with Gasteiger partial charge in [0.1, 0.15) is 0 Å². The lowest BCUT2D eigenvalue weighted by molar-refractivity contribution is -0.134. The zero-order chi connectivity index (χ0) is 25.2. The summed E-state index contributed by atoms with van der Waals surface area (Å²) in [4.78, 5) is 37.8. The Morgan fingerprint density at radius 2 is 1.64 bits per heavy atom. The summed E-state index contributed by atoms with van der Waals surface area (Å²) in [5.74, 6) is 0.169. The van der Waals surface area contributed by atoms with Crippen LogP contribution in [0.1, 0.15) is 33.4 Å². The molecule has 0 unspecified atom stereocenters. The van der Waals surface area contributed by atoms with E-state index >= 15 is 0 Å². The number of fused-ring (bicyclic) bond motifs is 1. The van der Waals surface area contributed by atoms with Crippen molar-refractivity contribution in [1.82, 2.24) is 14.8 Å². The molecule has 1 saturated heterocycles. The van der Waals surface area contributed by atoms with E-state index < -0.39 is 12.0 Å². The predicted octanol–water partition coefficient (Wildman–Crippen LogP) is 3.36. The summed E-state index contributed by atoms with van der Waals surface area (Å²) in [5, 5.41) is 0. The Morgan fingerprint density at radius 1 is 0.944 bits per heavy atom. The van der Waals surface area contributed by atoms with Gasteiger partial charge in [-0.1, -0.05) is 24.3 Å². The molecule has 8 heteroatoms. The fourth-order valence-corrected chi connectivity index (χ4v) is 5.30. The van der Waals surface area contributed by atoms with Crippen molar-refractivity contribution < 1.29 is 19.1 Å². The van der Waals surface area contributed by atoms with Gasteiger partial charge in [-0.25, -0.2) is 0 Å². The molecule has 36 heavy (non-hydrogen) atoms. The number of carbonyl (C=O) groups is 2. The van der Waals surface area contributed by atoms with Gasteiger partial charge in [-0.05, 0) is 41.5 Å². The van der Waals surface area contributed by atoms with Gasteiger partial charge in [0.05, 0.1) is 26.2 Å². The first-order valence-electron chi connectivity index (χ1n) is 12.0. The highest BCUT2D eigenvalue weighted by Gasteiger charge is 2.45. The highest BCUT2D eigenvalue weighted by molar-refractivity contribution is 6.02. The third-order valence-corrected chi connectivity index (χ3v) is 7.18. The predicted molar refractivity (Wildman–Crippen MR) is 137 cm³/mol. The summed E-state index contributed by atoms with van der Waals surface area (Å²) in [6.07, 6.45) is 3.42. The van der Waals surface area contributed by atoms with Crippen molar-refractivity contribution in [2.45, 2.75) is 12.0 Å². The van der Waals surface area contributed by atoms with E-state index in [9.17, 15) is 9.59 Å². The Kier molecular flexibility index (Phi) is 6.50. The number of aromatic nitrogens is 1. The van der Waals surface area contributed by atoms with E-state index in [1.807, 2.05) is 35.2 Å². The van der Waals surface area contributed by atoms with Crippen molar-refractivity contribution in [2.75, 3.05) is 52.3 Å². The van der Waals surface area contributed by atoms with Crippen LogP contribution in [0.25, 0.3) is 0 Å². The lowest BCUT2D eigenvalue weighted by Gasteiger charge is -2.43. The second-order valence-electron chi connectivity index (χ2n) is 9.07. The molecular formula is C28H30N4O4. The van der Waals surface area contributed by atoms with Gasteiger partial charge >= 0.3 is 0 Å². The lowest BCUT2D eigenvalue weighted by Crippen LogP contribution is -2.53. The molecule has 8 nitrogen and oxygen atoms in total. The summed E-state index contributed by atoms with van der Waals surface area (Å²) in [5.41, 5.74) is 3.08. The number of methoxy groups -OCH3 is 2. The first kappa shape index (κ1) is 23.7. The smallest absolute Gasteiger partial charge is 0.254 e. The van der Waals surface area contributed by atoms with Crippen LogP contribution in [0, 0.1) is 0 Å². The van der Waals surface area contributed by atoms with Crippen molar-refractivity contribution in [1.29, 1.82) is 0 Å². The molecule has 3 aromatic rings. The number of anilines is 1. The summed E-state index contributed by atoms with van der Waals surface area (Å²) in [6, 6.07) is 17.0. The maximum absolute atomic E-state index is 14.2. The summed E-state index contributed by atoms with van der Waals surface area (Å²) in [7, 11) is 4.83. The van der Waals surface area contributed by atoms with E-state index in [1.165, 1.54) is 7.11 Å². The number of hydrogen-bond acceptors (Lipinski definition) is 6. The molecule has 2 atom stereocenters. The number of piperazine rings is 1. The molecule has 2 aliphatic rings. The van der Waals surface area contributed by atoms with E-state index in [0.717, 1.165) is 24.3 Å². The normalized spacial score (nSPS) is 19.6. The Hall–Kier alpha value is -4.07. The second kappa shape index (κ2) is 9.89. The first-order chi connectivity index (χ1) is 17.5. The van der Waals surface area contributed by atoms with Gasteiger partial charge < -0.3 is 24.2 Å². The molecule has 1 fully saturated rings. The summed E-state index contributed by atoms with van der Waals surface area (Å²) in [6.45, 7) is 2.69. The number of para-hydroxylation sites is 1. The van der Waals surface area contributed by atoms with Gasteiger partial charge in [0, 0.05) is 56.9 Å². The average Bonchev–Trinajstić information content (AvgIpc) is 2.94. The quantitative estimate of drug-likeness (QED) is 0.551. The minimum Gasteiger partial charge on any atom is -0.493 e. The number of carbonyl (C=O) groups excluding carboxylic acids is 2. The van der Waals surface area contributed by atoms with Crippen molar-refractivity contribution in [2.24, 2.45) is 0 Å². The molecule has 2 amide bonds. The molecule has 0 aliphatic carbocycles. The van der Waals surface area contributed by atoms with Crippen molar-refractivity contribution in [3.8, 4) is 11.5 Å². The van der Waals surface area contributed by atoms with Crippen LogP contribution in [0.4, 0.5) is 5.69 Å². The molecule has 0 saturated carbocycles. The van der Waals surface area contributed by atoms with Crippen LogP contribution in [0.2, 0.25) is 0 Å². The fraction of sp³-hybridized carbons (Fsp3) is 0.321. The SMILES string of the molecule is COc1cc2c(cc1OC)[C@@H](C(=O)N1CCN(c3ccccc3)CC1)[C@H](c1cccnc1)N(C)C2=O. The van der Waals surface area contributed by atoms with Crippen LogP contribution in [-0.2, 0) is 4.79 Å². The summed E-state index contributed by atoms with van der Waals surface area (Å²) < 4.78 is 11.0. The van der Waals surface area contributed by atoms with Crippen LogP contribution in [0.5, 0.6) is 11.5 Å². The number of likely N-dealkylation sites (N-methyl/N-ethyl adjacent to an activating group) is 1. The second-order valence-corrected chi connectivity index (χ2v) is 9.07. The Labute approximate surface area is 211 Å². The van der Waals surface area contributed by atoms with Crippen LogP contribution in [0.15, 0.2) is 67.0 Å². The van der Waals surface area contributed by atoms with Gasteiger partial charge in [0.25, 0.3) is 5.91 Å². The number of rotatable bonds is 5. The number of amides is 2. The van der Waals surface area contributed by atoms with Crippen LogP contribution < -0.4 is 14.4 Å². The zero-order valence-corrected chi connectivity index (χ0v) is 20.8. The number of hydrogen-bond donors (Lipinski definition) is 0. The van der Waals surface area contributed by atoms with Gasteiger partial charge in [0.15, 0.2) is 11.5 Å². The minimum absolute atomic E-state index is 0.00983. The molecule has 0 N–H and O–H groups in total.